The van der Waals surface area contributed by atoms with Gasteiger partial charge in [0.15, 0.2) is 0 Å². The molecule has 5 heteroatoms. The minimum Gasteiger partial charge on any atom is -0.399 e. The summed E-state index contributed by atoms with van der Waals surface area (Å²) in [5.74, 6) is 0.653. The normalized spacial score (nSPS) is 28.9. The highest BCUT2D eigenvalue weighted by molar-refractivity contribution is 7.20. The molecule has 3 saturated heterocycles. The molecule has 1 amide bonds. The lowest BCUT2D eigenvalue weighted by Gasteiger charge is -2.56. The molecule has 23 heavy (non-hydrogen) atoms. The van der Waals surface area contributed by atoms with Crippen LogP contribution in [0.3, 0.4) is 0 Å². The van der Waals surface area contributed by atoms with Crippen LogP contribution in [-0.4, -0.2) is 35.5 Å². The van der Waals surface area contributed by atoms with E-state index in [4.69, 9.17) is 5.73 Å². The van der Waals surface area contributed by atoms with Crippen molar-refractivity contribution in [2.75, 3.05) is 18.8 Å². The average Bonchev–Trinajstić information content (AvgIpc) is 2.94. The molecule has 0 aliphatic carbocycles. The zero-order chi connectivity index (χ0) is 16.2. The van der Waals surface area contributed by atoms with Gasteiger partial charge in [-0.2, -0.15) is 0 Å². The van der Waals surface area contributed by atoms with E-state index in [1.807, 2.05) is 24.3 Å². The molecule has 3 aliphatic heterocycles. The number of fused-ring (bicyclic) bond motifs is 4. The van der Waals surface area contributed by atoms with E-state index in [1.54, 1.807) is 0 Å². The summed E-state index contributed by atoms with van der Waals surface area (Å²) in [6, 6.07) is 8.01. The van der Waals surface area contributed by atoms with Crippen LogP contribution in [0.25, 0.3) is 10.1 Å². The van der Waals surface area contributed by atoms with Gasteiger partial charge in [0.2, 0.25) is 0 Å². The van der Waals surface area contributed by atoms with E-state index >= 15 is 0 Å². The highest BCUT2D eigenvalue weighted by Gasteiger charge is 2.48. The number of thiophene rings is 1. The van der Waals surface area contributed by atoms with Gasteiger partial charge in [0.25, 0.3) is 5.91 Å². The lowest BCUT2D eigenvalue weighted by atomic mass is 9.72. The van der Waals surface area contributed by atoms with Gasteiger partial charge >= 0.3 is 0 Å². The lowest BCUT2D eigenvalue weighted by molar-refractivity contribution is -0.0377. The maximum absolute atomic E-state index is 12.8. The second-order valence-electron chi connectivity index (χ2n) is 7.34. The van der Waals surface area contributed by atoms with E-state index < -0.39 is 0 Å². The smallest absolute Gasteiger partial charge is 0.261 e. The van der Waals surface area contributed by atoms with Crippen molar-refractivity contribution in [2.24, 2.45) is 5.92 Å². The highest BCUT2D eigenvalue weighted by atomic mass is 32.1. The molecule has 0 saturated carbocycles. The molecular weight excluding hydrogens is 306 g/mol. The maximum atomic E-state index is 12.8. The van der Waals surface area contributed by atoms with Gasteiger partial charge in [-0.3, -0.25) is 9.69 Å². The first-order valence-electron chi connectivity index (χ1n) is 8.30. The number of nitrogens with one attached hydrogen (secondary N) is 1. The lowest BCUT2D eigenvalue weighted by Crippen LogP contribution is -2.69. The van der Waals surface area contributed by atoms with Crippen LogP contribution in [-0.2, 0) is 0 Å². The Morgan fingerprint density at radius 2 is 2.04 bits per heavy atom. The predicted octanol–water partition coefficient (Wildman–Crippen LogP) is 3.09. The average molecular weight is 329 g/mol. The topological polar surface area (TPSA) is 58.4 Å². The van der Waals surface area contributed by atoms with Crippen molar-refractivity contribution in [2.45, 2.75) is 38.3 Å². The van der Waals surface area contributed by atoms with Gasteiger partial charge in [-0.1, -0.05) is 6.07 Å². The summed E-state index contributed by atoms with van der Waals surface area (Å²) < 4.78 is 1.07. The number of carbonyl (C=O) groups excluding carboxylic acids is 1. The molecule has 2 bridgehead atoms. The molecule has 1 aromatic heterocycles. The third kappa shape index (κ3) is 2.42. The first-order chi connectivity index (χ1) is 10.9. The largest absolute Gasteiger partial charge is 0.399 e. The van der Waals surface area contributed by atoms with Gasteiger partial charge in [-0.05, 0) is 69.3 Å². The van der Waals surface area contributed by atoms with Crippen molar-refractivity contribution in [1.29, 1.82) is 0 Å². The summed E-state index contributed by atoms with van der Waals surface area (Å²) in [5.41, 5.74) is 6.62. The molecule has 4 heterocycles. The number of anilines is 1. The Morgan fingerprint density at radius 3 is 2.74 bits per heavy atom. The zero-order valence-electron chi connectivity index (χ0n) is 13.6. The van der Waals surface area contributed by atoms with E-state index in [9.17, 15) is 4.79 Å². The van der Waals surface area contributed by atoms with Crippen molar-refractivity contribution in [1.82, 2.24) is 10.2 Å². The van der Waals surface area contributed by atoms with Crippen LogP contribution >= 0.6 is 11.3 Å². The number of rotatable bonds is 2. The minimum absolute atomic E-state index is 0.0396. The quantitative estimate of drug-likeness (QED) is 0.833. The van der Waals surface area contributed by atoms with Gasteiger partial charge in [0.1, 0.15) is 0 Å². The van der Waals surface area contributed by atoms with E-state index in [0.29, 0.717) is 5.92 Å². The summed E-state index contributed by atoms with van der Waals surface area (Å²) in [6.45, 7) is 6.84. The number of benzene rings is 1. The molecule has 4 nitrogen and oxygen atoms in total. The number of nitrogens with zero attached hydrogens (tertiary/aromatic N) is 1. The molecule has 3 aliphatic rings. The number of hydrogen-bond acceptors (Lipinski definition) is 4. The molecule has 122 valence electrons. The first-order valence-corrected chi connectivity index (χ1v) is 9.12. The molecule has 0 radical (unpaired) electrons. The SMILES string of the molecule is CC1(C)C(NC(=O)c2cc3ccc(N)cc3s2)C2CCN1CC2. The molecule has 2 aromatic rings. The minimum atomic E-state index is 0.0396. The van der Waals surface area contributed by atoms with Crippen molar-refractivity contribution in [3.63, 3.8) is 0 Å². The van der Waals surface area contributed by atoms with E-state index in [0.717, 1.165) is 33.7 Å². The van der Waals surface area contributed by atoms with E-state index in [-0.39, 0.29) is 17.5 Å². The Labute approximate surface area is 140 Å². The molecular formula is C18H23N3OS. The van der Waals surface area contributed by atoms with Crippen LogP contribution in [0, 0.1) is 5.92 Å². The van der Waals surface area contributed by atoms with Crippen molar-refractivity contribution in [3.8, 4) is 0 Å². The molecule has 3 fully saturated rings. The van der Waals surface area contributed by atoms with Gasteiger partial charge in [-0.25, -0.2) is 0 Å². The summed E-state index contributed by atoms with van der Waals surface area (Å²) in [4.78, 5) is 16.1. The van der Waals surface area contributed by atoms with Crippen molar-refractivity contribution in [3.05, 3.63) is 29.1 Å². The summed E-state index contributed by atoms with van der Waals surface area (Å²) in [7, 11) is 0. The fourth-order valence-corrected chi connectivity index (χ4v) is 5.26. The van der Waals surface area contributed by atoms with Gasteiger partial charge < -0.3 is 11.1 Å². The summed E-state index contributed by atoms with van der Waals surface area (Å²) in [6.07, 6.45) is 2.38. The van der Waals surface area contributed by atoms with Gasteiger partial charge in [0.05, 0.1) is 4.88 Å². The zero-order valence-corrected chi connectivity index (χ0v) is 14.5. The van der Waals surface area contributed by atoms with Crippen molar-refractivity contribution < 1.29 is 4.79 Å². The second kappa shape index (κ2) is 5.21. The Balaban J connectivity index is 1.59. The van der Waals surface area contributed by atoms with Gasteiger partial charge in [0, 0.05) is 22.0 Å². The van der Waals surface area contributed by atoms with Crippen LogP contribution < -0.4 is 11.1 Å². The van der Waals surface area contributed by atoms with Crippen molar-refractivity contribution >= 4 is 33.0 Å². The summed E-state index contributed by atoms with van der Waals surface area (Å²) >= 11 is 1.52. The Morgan fingerprint density at radius 1 is 1.30 bits per heavy atom. The number of nitrogens with two attached hydrogens (primary N) is 1. The Kier molecular flexibility index (Phi) is 3.39. The van der Waals surface area contributed by atoms with Gasteiger partial charge in [-0.15, -0.1) is 11.3 Å². The van der Waals surface area contributed by atoms with Crippen LogP contribution in [0.5, 0.6) is 0 Å². The number of hydrogen-bond donors (Lipinski definition) is 2. The Bertz CT molecular complexity index is 759. The fourth-order valence-electron chi connectivity index (χ4n) is 4.25. The number of amides is 1. The first kappa shape index (κ1) is 15.0. The van der Waals surface area contributed by atoms with Crippen LogP contribution in [0.2, 0.25) is 0 Å². The Hall–Kier alpha value is -1.59. The molecule has 1 unspecified atom stereocenters. The number of carbonyl (C=O) groups is 1. The molecule has 1 atom stereocenters. The van der Waals surface area contributed by atoms with E-state index in [2.05, 4.69) is 24.1 Å². The number of nitrogen functional groups attached to an aromatic ring is 1. The monoisotopic (exact) mass is 329 g/mol. The molecule has 1 aromatic carbocycles. The third-order valence-corrected chi connectivity index (χ3v) is 6.74. The standard InChI is InChI=1S/C18H23N3OS/c1-18(2)16(11-5-7-21(18)8-6-11)20-17(22)15-9-12-3-4-13(19)10-14(12)23-15/h3-4,9-11,16H,5-8,19H2,1-2H3,(H,20,22). The van der Waals surface area contributed by atoms with Crippen LogP contribution in [0.1, 0.15) is 36.4 Å². The fraction of sp³-hybridized carbons (Fsp3) is 0.500. The highest BCUT2D eigenvalue weighted by Crippen LogP contribution is 2.39. The second-order valence-corrected chi connectivity index (χ2v) is 8.42. The molecule has 0 spiro atoms. The third-order valence-electron chi connectivity index (χ3n) is 5.64. The van der Waals surface area contributed by atoms with Crippen LogP contribution in [0.15, 0.2) is 24.3 Å². The molecule has 3 N–H and O–H groups in total. The number of piperidine rings is 3. The van der Waals surface area contributed by atoms with E-state index in [1.165, 1.54) is 24.2 Å². The molecule has 5 rings (SSSR count). The maximum Gasteiger partial charge on any atom is 0.261 e. The van der Waals surface area contributed by atoms with Crippen LogP contribution in [0.4, 0.5) is 5.69 Å². The predicted molar refractivity (Wildman–Crippen MR) is 95.9 cm³/mol. The summed E-state index contributed by atoms with van der Waals surface area (Å²) in [5, 5.41) is 4.42.